The Morgan fingerprint density at radius 3 is 2.79 bits per heavy atom. The van der Waals surface area contributed by atoms with Crippen molar-refractivity contribution in [2.75, 3.05) is 26.3 Å². The zero-order valence-corrected chi connectivity index (χ0v) is 16.2. The van der Waals surface area contributed by atoms with Crippen LogP contribution in [0.4, 0.5) is 4.39 Å². The summed E-state index contributed by atoms with van der Waals surface area (Å²) in [6.07, 6.45) is 6.55. The van der Waals surface area contributed by atoms with Gasteiger partial charge in [0.2, 0.25) is 5.79 Å². The van der Waals surface area contributed by atoms with Gasteiger partial charge in [-0.05, 0) is 41.8 Å². The second-order valence-electron chi connectivity index (χ2n) is 7.20. The maximum Gasteiger partial charge on any atom is 0.210 e. The molecule has 6 nitrogen and oxygen atoms in total. The summed E-state index contributed by atoms with van der Waals surface area (Å²) < 4.78 is 13.6. The van der Waals surface area contributed by atoms with Crippen LogP contribution in [0.5, 0.6) is 0 Å². The molecule has 0 saturated carbocycles. The molecule has 0 amide bonds. The standard InChI is InChI=1S/C22H25FN6/c23-20-7-2-5-18(15-20)17-4-1-6-19(14-17)22(24)27-10-8-21(28-22)26-9-3-12-29-13-11-25-16-29/h1-2,4-8,10-11,14-15,26,28H,3,9,12-13,16,24H2. The zero-order valence-electron chi connectivity index (χ0n) is 16.2. The maximum atomic E-state index is 13.6. The number of nitrogens with one attached hydrogen (secondary N) is 2. The molecule has 7 heteroatoms. The van der Waals surface area contributed by atoms with Gasteiger partial charge < -0.3 is 10.6 Å². The highest BCUT2D eigenvalue weighted by Gasteiger charge is 2.28. The maximum absolute atomic E-state index is 13.6. The lowest BCUT2D eigenvalue weighted by Crippen LogP contribution is -2.52. The number of halogens is 1. The third-order valence-electron chi connectivity index (χ3n) is 5.02. The van der Waals surface area contributed by atoms with Crippen LogP contribution in [-0.4, -0.2) is 43.6 Å². The van der Waals surface area contributed by atoms with Gasteiger partial charge in [0.25, 0.3) is 0 Å². The van der Waals surface area contributed by atoms with E-state index in [1.807, 2.05) is 42.6 Å². The Balaban J connectivity index is 1.40. The van der Waals surface area contributed by atoms with E-state index < -0.39 is 5.79 Å². The van der Waals surface area contributed by atoms with Crippen molar-refractivity contribution in [3.8, 4) is 11.1 Å². The third-order valence-corrected chi connectivity index (χ3v) is 5.02. The summed E-state index contributed by atoms with van der Waals surface area (Å²) in [5.41, 5.74) is 9.06. The normalized spacial score (nSPS) is 21.1. The van der Waals surface area contributed by atoms with Gasteiger partial charge in [-0.2, -0.15) is 0 Å². The molecular weight excluding hydrogens is 367 g/mol. The van der Waals surface area contributed by atoms with E-state index in [1.165, 1.54) is 12.1 Å². The number of rotatable bonds is 7. The Morgan fingerprint density at radius 2 is 2.00 bits per heavy atom. The molecule has 0 fully saturated rings. The minimum Gasteiger partial charge on any atom is -0.372 e. The fourth-order valence-electron chi connectivity index (χ4n) is 3.45. The molecule has 0 aromatic heterocycles. The van der Waals surface area contributed by atoms with Crippen LogP contribution >= 0.6 is 0 Å². The Bertz CT molecular complexity index is 946. The summed E-state index contributed by atoms with van der Waals surface area (Å²) >= 11 is 0. The molecule has 2 aliphatic rings. The van der Waals surface area contributed by atoms with Crippen LogP contribution in [0.15, 0.2) is 70.4 Å². The number of aliphatic imine (C=N–C) groups is 2. The zero-order chi connectivity index (χ0) is 20.1. The number of allylic oxidation sites excluding steroid dienone is 1. The van der Waals surface area contributed by atoms with Gasteiger partial charge in [0.05, 0.1) is 6.67 Å². The van der Waals surface area contributed by atoms with Crippen molar-refractivity contribution in [3.63, 3.8) is 0 Å². The van der Waals surface area contributed by atoms with Crippen LogP contribution < -0.4 is 16.4 Å². The first kappa shape index (κ1) is 19.3. The van der Waals surface area contributed by atoms with Crippen molar-refractivity contribution in [1.29, 1.82) is 0 Å². The number of benzene rings is 2. The fourth-order valence-corrected chi connectivity index (χ4v) is 3.45. The molecule has 2 aromatic rings. The van der Waals surface area contributed by atoms with E-state index >= 15 is 0 Å². The van der Waals surface area contributed by atoms with Gasteiger partial charge in [-0.25, -0.2) is 9.38 Å². The van der Waals surface area contributed by atoms with Crippen molar-refractivity contribution in [2.45, 2.75) is 12.2 Å². The van der Waals surface area contributed by atoms with Crippen molar-refractivity contribution in [2.24, 2.45) is 15.7 Å². The topological polar surface area (TPSA) is 78.0 Å². The summed E-state index contributed by atoms with van der Waals surface area (Å²) in [5.74, 6) is -0.515. The predicted molar refractivity (Wildman–Crippen MR) is 115 cm³/mol. The lowest BCUT2D eigenvalue weighted by molar-refractivity contribution is 0.332. The van der Waals surface area contributed by atoms with Gasteiger partial charge in [0.1, 0.15) is 11.6 Å². The van der Waals surface area contributed by atoms with Crippen LogP contribution in [0.25, 0.3) is 11.1 Å². The fraction of sp³-hybridized carbons (Fsp3) is 0.273. The van der Waals surface area contributed by atoms with E-state index in [0.717, 1.165) is 55.2 Å². The van der Waals surface area contributed by atoms with Crippen LogP contribution in [0.2, 0.25) is 0 Å². The third kappa shape index (κ3) is 4.70. The van der Waals surface area contributed by atoms with Gasteiger partial charge in [0.15, 0.2) is 0 Å². The summed E-state index contributed by atoms with van der Waals surface area (Å²) in [4.78, 5) is 11.0. The van der Waals surface area contributed by atoms with Crippen LogP contribution in [0, 0.1) is 5.82 Å². The summed E-state index contributed by atoms with van der Waals surface area (Å²) in [6.45, 7) is 3.54. The van der Waals surface area contributed by atoms with E-state index in [1.54, 1.807) is 12.3 Å². The number of hydrogen-bond acceptors (Lipinski definition) is 6. The lowest BCUT2D eigenvalue weighted by atomic mass is 9.99. The largest absolute Gasteiger partial charge is 0.372 e. The molecule has 2 heterocycles. The van der Waals surface area contributed by atoms with Gasteiger partial charge in [-0.15, -0.1) is 0 Å². The monoisotopic (exact) mass is 392 g/mol. The SMILES string of the molecule is NC1(c2cccc(-c3cccc(F)c3)c2)N=CC=C(NCCCN2CC=NC2)N1. The van der Waals surface area contributed by atoms with Gasteiger partial charge in [-0.3, -0.25) is 15.6 Å². The van der Waals surface area contributed by atoms with E-state index in [-0.39, 0.29) is 5.82 Å². The minimum atomic E-state index is -1.08. The van der Waals surface area contributed by atoms with Crippen molar-refractivity contribution in [1.82, 2.24) is 15.5 Å². The van der Waals surface area contributed by atoms with E-state index in [4.69, 9.17) is 5.73 Å². The Labute approximate surface area is 170 Å². The molecule has 0 radical (unpaired) electrons. The second kappa shape index (κ2) is 8.55. The van der Waals surface area contributed by atoms with Gasteiger partial charge >= 0.3 is 0 Å². The van der Waals surface area contributed by atoms with Crippen molar-refractivity contribution in [3.05, 3.63) is 71.8 Å². The summed E-state index contributed by atoms with van der Waals surface area (Å²) in [6, 6.07) is 14.2. The highest BCUT2D eigenvalue weighted by atomic mass is 19.1. The van der Waals surface area contributed by atoms with Gasteiger partial charge in [0, 0.05) is 37.6 Å². The van der Waals surface area contributed by atoms with Crippen molar-refractivity contribution >= 4 is 12.4 Å². The van der Waals surface area contributed by atoms with Crippen LogP contribution in [-0.2, 0) is 5.79 Å². The lowest BCUT2D eigenvalue weighted by Gasteiger charge is -2.32. The Hall–Kier alpha value is -3.03. The van der Waals surface area contributed by atoms with E-state index in [0.29, 0.717) is 0 Å². The molecule has 0 bridgehead atoms. The minimum absolute atomic E-state index is 0.265. The molecule has 1 atom stereocenters. The van der Waals surface area contributed by atoms with Gasteiger partial charge in [-0.1, -0.05) is 30.3 Å². The predicted octanol–water partition coefficient (Wildman–Crippen LogP) is 2.40. The van der Waals surface area contributed by atoms with E-state index in [9.17, 15) is 4.39 Å². The first-order valence-electron chi connectivity index (χ1n) is 9.76. The van der Waals surface area contributed by atoms with Crippen LogP contribution in [0.1, 0.15) is 12.0 Å². The number of nitrogens with two attached hydrogens (primary N) is 1. The second-order valence-corrected chi connectivity index (χ2v) is 7.20. The first-order valence-corrected chi connectivity index (χ1v) is 9.76. The average Bonchev–Trinajstić information content (AvgIpc) is 3.25. The number of nitrogens with zero attached hydrogens (tertiary/aromatic N) is 3. The highest BCUT2D eigenvalue weighted by Crippen LogP contribution is 2.26. The Kier molecular flexibility index (Phi) is 5.69. The Morgan fingerprint density at radius 1 is 1.17 bits per heavy atom. The molecule has 0 saturated heterocycles. The summed E-state index contributed by atoms with van der Waals surface area (Å²) in [5, 5.41) is 6.67. The molecule has 0 aliphatic carbocycles. The van der Waals surface area contributed by atoms with Crippen molar-refractivity contribution < 1.29 is 4.39 Å². The molecule has 4 rings (SSSR count). The molecule has 2 aliphatic heterocycles. The molecule has 150 valence electrons. The smallest absolute Gasteiger partial charge is 0.210 e. The number of hydrogen-bond donors (Lipinski definition) is 3. The average molecular weight is 392 g/mol. The van der Waals surface area contributed by atoms with Crippen LogP contribution in [0.3, 0.4) is 0 Å². The van der Waals surface area contributed by atoms with E-state index in [2.05, 4.69) is 25.5 Å². The molecule has 1 unspecified atom stereocenters. The molecule has 0 spiro atoms. The molecule has 4 N–H and O–H groups in total. The molecule has 29 heavy (non-hydrogen) atoms. The highest BCUT2D eigenvalue weighted by molar-refractivity contribution is 5.74. The molecule has 2 aromatic carbocycles. The summed E-state index contributed by atoms with van der Waals surface area (Å²) in [7, 11) is 0. The quantitative estimate of drug-likeness (QED) is 0.633. The first-order chi connectivity index (χ1) is 14.1. The molecular formula is C22H25FN6.